The fourth-order valence-electron chi connectivity index (χ4n) is 3.05. The van der Waals surface area contributed by atoms with Crippen LogP contribution < -0.4 is 4.90 Å². The van der Waals surface area contributed by atoms with Crippen molar-refractivity contribution in [3.8, 4) is 0 Å². The van der Waals surface area contributed by atoms with Gasteiger partial charge in [-0.1, -0.05) is 12.1 Å². The molecule has 1 aliphatic heterocycles. The molecule has 7 heteroatoms. The number of ether oxygens (including phenoxy) is 1. The molecule has 0 amide bonds. The van der Waals surface area contributed by atoms with Gasteiger partial charge in [0.25, 0.3) is 5.69 Å². The zero-order valence-electron chi connectivity index (χ0n) is 14.4. The predicted octanol–water partition coefficient (Wildman–Crippen LogP) is 4.25. The maximum absolute atomic E-state index is 13.0. The molecule has 0 radical (unpaired) electrons. The zero-order valence-corrected chi connectivity index (χ0v) is 14.4. The Balaban J connectivity index is 1.79. The quantitative estimate of drug-likeness (QED) is 0.454. The minimum absolute atomic E-state index is 0.101. The average molecular weight is 358 g/mol. The van der Waals surface area contributed by atoms with E-state index in [2.05, 4.69) is 0 Å². The van der Waals surface area contributed by atoms with Gasteiger partial charge in [0, 0.05) is 19.2 Å². The molecule has 26 heavy (non-hydrogen) atoms. The topological polar surface area (TPSA) is 72.7 Å². The second-order valence-corrected chi connectivity index (χ2v) is 6.25. The molecule has 3 rings (SSSR count). The number of carbonyl (C=O) groups is 1. The number of nitro groups is 1. The molecule has 1 aliphatic rings. The van der Waals surface area contributed by atoms with Crippen LogP contribution in [0.4, 0.5) is 15.8 Å². The van der Waals surface area contributed by atoms with Crippen molar-refractivity contribution >= 4 is 17.3 Å². The van der Waals surface area contributed by atoms with Gasteiger partial charge < -0.3 is 9.64 Å². The molecule has 1 heterocycles. The van der Waals surface area contributed by atoms with Gasteiger partial charge in [-0.3, -0.25) is 10.1 Å². The van der Waals surface area contributed by atoms with Crippen molar-refractivity contribution in [2.24, 2.45) is 0 Å². The second kappa shape index (κ2) is 7.51. The lowest BCUT2D eigenvalue weighted by Crippen LogP contribution is -2.19. The third-order valence-corrected chi connectivity index (χ3v) is 4.48. The first kappa shape index (κ1) is 17.8. The van der Waals surface area contributed by atoms with Crippen molar-refractivity contribution < 1.29 is 18.8 Å². The molecular formula is C19H19FN2O4. The summed E-state index contributed by atoms with van der Waals surface area (Å²) in [4.78, 5) is 25.3. The Morgan fingerprint density at radius 2 is 1.85 bits per heavy atom. The van der Waals surface area contributed by atoms with Gasteiger partial charge in [-0.05, 0) is 49.6 Å². The highest BCUT2D eigenvalue weighted by Crippen LogP contribution is 2.32. The van der Waals surface area contributed by atoms with Crippen molar-refractivity contribution in [2.45, 2.75) is 25.9 Å². The van der Waals surface area contributed by atoms with Crippen molar-refractivity contribution in [1.82, 2.24) is 0 Å². The normalized spacial score (nSPS) is 14.9. The van der Waals surface area contributed by atoms with Gasteiger partial charge in [-0.15, -0.1) is 0 Å². The summed E-state index contributed by atoms with van der Waals surface area (Å²) < 4.78 is 18.4. The lowest BCUT2D eigenvalue weighted by atomic mass is 10.1. The van der Waals surface area contributed by atoms with Crippen molar-refractivity contribution in [3.63, 3.8) is 0 Å². The molecule has 1 fully saturated rings. The van der Waals surface area contributed by atoms with Crippen LogP contribution in [0.25, 0.3) is 0 Å². The minimum atomic E-state index is -0.655. The molecule has 0 unspecified atom stereocenters. The fourth-order valence-corrected chi connectivity index (χ4v) is 3.05. The third-order valence-electron chi connectivity index (χ3n) is 4.48. The van der Waals surface area contributed by atoms with E-state index in [1.807, 2.05) is 4.90 Å². The average Bonchev–Trinajstić information content (AvgIpc) is 3.16. The summed E-state index contributed by atoms with van der Waals surface area (Å²) in [6.07, 6.45) is 1.40. The SMILES string of the molecule is C[C@H](OC(=O)c1ccc(N2CCCC2)c([N+](=O)[O-])c1)c1ccc(F)cc1. The van der Waals surface area contributed by atoms with Crippen molar-refractivity contribution in [3.05, 3.63) is 69.5 Å². The summed E-state index contributed by atoms with van der Waals surface area (Å²) in [7, 11) is 0. The highest BCUT2D eigenvalue weighted by Gasteiger charge is 2.25. The van der Waals surface area contributed by atoms with Gasteiger partial charge >= 0.3 is 5.97 Å². The Hall–Kier alpha value is -2.96. The Morgan fingerprint density at radius 3 is 2.46 bits per heavy atom. The number of halogens is 1. The van der Waals surface area contributed by atoms with Crippen LogP contribution in [0.1, 0.15) is 41.8 Å². The Morgan fingerprint density at radius 1 is 1.19 bits per heavy atom. The smallest absolute Gasteiger partial charge is 0.338 e. The van der Waals surface area contributed by atoms with Crippen LogP contribution in [0.5, 0.6) is 0 Å². The Labute approximate surface area is 150 Å². The first-order valence-corrected chi connectivity index (χ1v) is 8.45. The van der Waals surface area contributed by atoms with E-state index in [1.165, 1.54) is 30.3 Å². The molecule has 0 aliphatic carbocycles. The van der Waals surface area contributed by atoms with E-state index in [4.69, 9.17) is 4.74 Å². The largest absolute Gasteiger partial charge is 0.454 e. The van der Waals surface area contributed by atoms with Crippen LogP contribution in [0.3, 0.4) is 0 Å². The maximum Gasteiger partial charge on any atom is 0.338 e. The summed E-state index contributed by atoms with van der Waals surface area (Å²) in [6, 6.07) is 10.0. The third kappa shape index (κ3) is 3.82. The van der Waals surface area contributed by atoms with Crippen LogP contribution in [-0.2, 0) is 4.74 Å². The number of esters is 1. The first-order chi connectivity index (χ1) is 12.5. The maximum atomic E-state index is 13.0. The van der Waals surface area contributed by atoms with Gasteiger partial charge in [0.05, 0.1) is 10.5 Å². The van der Waals surface area contributed by atoms with Gasteiger partial charge in [-0.2, -0.15) is 0 Å². The molecule has 0 spiro atoms. The van der Waals surface area contributed by atoms with E-state index in [9.17, 15) is 19.3 Å². The molecule has 0 aromatic heterocycles. The molecule has 2 aromatic rings. The van der Waals surface area contributed by atoms with Gasteiger partial charge in [-0.25, -0.2) is 9.18 Å². The number of hydrogen-bond acceptors (Lipinski definition) is 5. The van der Waals surface area contributed by atoms with Crippen LogP contribution in [0.15, 0.2) is 42.5 Å². The molecule has 0 bridgehead atoms. The molecule has 0 saturated carbocycles. The lowest BCUT2D eigenvalue weighted by Gasteiger charge is -2.18. The Bertz CT molecular complexity index is 817. The summed E-state index contributed by atoms with van der Waals surface area (Å²) in [5.74, 6) is -1.03. The molecule has 6 nitrogen and oxygen atoms in total. The molecular weight excluding hydrogens is 339 g/mol. The number of nitro benzene ring substituents is 1. The number of benzene rings is 2. The zero-order chi connectivity index (χ0) is 18.7. The Kier molecular flexibility index (Phi) is 5.16. The number of rotatable bonds is 5. The standard InChI is InChI=1S/C19H19FN2O4/c1-13(14-4-7-16(20)8-5-14)26-19(23)15-6-9-17(18(12-15)22(24)25)21-10-2-3-11-21/h4-9,12-13H,2-3,10-11H2,1H3/t13-/m0/s1. The number of carbonyl (C=O) groups excluding carboxylic acids is 1. The second-order valence-electron chi connectivity index (χ2n) is 6.25. The lowest BCUT2D eigenvalue weighted by molar-refractivity contribution is -0.384. The fraction of sp³-hybridized carbons (Fsp3) is 0.316. The van der Waals surface area contributed by atoms with Gasteiger partial charge in [0.2, 0.25) is 0 Å². The number of anilines is 1. The molecule has 1 saturated heterocycles. The first-order valence-electron chi connectivity index (χ1n) is 8.45. The highest BCUT2D eigenvalue weighted by molar-refractivity contribution is 5.91. The molecule has 2 aromatic carbocycles. The van der Waals surface area contributed by atoms with Crippen LogP contribution in [0, 0.1) is 15.9 Å². The van der Waals surface area contributed by atoms with Crippen LogP contribution in [0.2, 0.25) is 0 Å². The van der Waals surface area contributed by atoms with E-state index in [1.54, 1.807) is 19.1 Å². The van der Waals surface area contributed by atoms with Crippen LogP contribution in [-0.4, -0.2) is 24.0 Å². The predicted molar refractivity (Wildman–Crippen MR) is 94.8 cm³/mol. The van der Waals surface area contributed by atoms with Gasteiger partial charge in [0.15, 0.2) is 0 Å². The van der Waals surface area contributed by atoms with E-state index >= 15 is 0 Å². The monoisotopic (exact) mass is 358 g/mol. The van der Waals surface area contributed by atoms with E-state index in [0.717, 1.165) is 25.9 Å². The summed E-state index contributed by atoms with van der Waals surface area (Å²) in [5.41, 5.74) is 1.18. The molecule has 0 N–H and O–H groups in total. The van der Waals surface area contributed by atoms with Crippen molar-refractivity contribution in [1.29, 1.82) is 0 Å². The molecule has 1 atom stereocenters. The number of hydrogen-bond donors (Lipinski definition) is 0. The summed E-state index contributed by atoms with van der Waals surface area (Å²) in [5, 5.41) is 11.4. The van der Waals surface area contributed by atoms with Gasteiger partial charge in [0.1, 0.15) is 17.6 Å². The highest BCUT2D eigenvalue weighted by atomic mass is 19.1. The van der Waals surface area contributed by atoms with E-state index < -0.39 is 17.0 Å². The summed E-state index contributed by atoms with van der Waals surface area (Å²) >= 11 is 0. The minimum Gasteiger partial charge on any atom is -0.454 e. The van der Waals surface area contributed by atoms with E-state index in [-0.39, 0.29) is 17.1 Å². The van der Waals surface area contributed by atoms with E-state index in [0.29, 0.717) is 11.3 Å². The number of nitrogens with zero attached hydrogens (tertiary/aromatic N) is 2. The van der Waals surface area contributed by atoms with Crippen molar-refractivity contribution in [2.75, 3.05) is 18.0 Å². The van der Waals surface area contributed by atoms with Crippen LogP contribution >= 0.6 is 0 Å². The summed E-state index contributed by atoms with van der Waals surface area (Å²) in [6.45, 7) is 3.20. The molecule has 136 valence electrons.